The van der Waals surface area contributed by atoms with Crippen molar-refractivity contribution < 1.29 is 18.3 Å². The number of nitrogens with one attached hydrogen (secondary N) is 2. The molecule has 23 heavy (non-hydrogen) atoms. The Balaban J connectivity index is 2.78. The van der Waals surface area contributed by atoms with E-state index in [0.717, 1.165) is 6.42 Å². The first kappa shape index (κ1) is 19.2. The van der Waals surface area contributed by atoms with E-state index in [4.69, 9.17) is 5.11 Å². The highest BCUT2D eigenvalue weighted by molar-refractivity contribution is 7.92. The van der Waals surface area contributed by atoms with Gasteiger partial charge in [0, 0.05) is 18.8 Å². The molecule has 0 unspecified atom stereocenters. The average Bonchev–Trinajstić information content (AvgIpc) is 2.46. The van der Waals surface area contributed by atoms with Crippen molar-refractivity contribution in [1.29, 1.82) is 0 Å². The summed E-state index contributed by atoms with van der Waals surface area (Å²) in [6.07, 6.45) is 1.31. The summed E-state index contributed by atoms with van der Waals surface area (Å²) in [5, 5.41) is 11.7. The largest absolute Gasteiger partial charge is 0.395 e. The van der Waals surface area contributed by atoms with Crippen LogP contribution in [0.1, 0.15) is 26.7 Å². The van der Waals surface area contributed by atoms with Gasteiger partial charge >= 0.3 is 6.03 Å². The number of hydrogen-bond acceptors (Lipinski definition) is 4. The number of hydrogen-bond donors (Lipinski definition) is 3. The van der Waals surface area contributed by atoms with Gasteiger partial charge in [0.2, 0.25) is 10.0 Å². The summed E-state index contributed by atoms with van der Waals surface area (Å²) in [6.45, 7) is 4.42. The predicted octanol–water partition coefficient (Wildman–Crippen LogP) is 2.07. The minimum atomic E-state index is -3.37. The molecule has 0 atom stereocenters. The van der Waals surface area contributed by atoms with E-state index in [9.17, 15) is 13.2 Å². The van der Waals surface area contributed by atoms with Crippen LogP contribution >= 0.6 is 0 Å². The number of sulfonamides is 1. The van der Waals surface area contributed by atoms with Crippen molar-refractivity contribution in [3.05, 3.63) is 24.3 Å². The first-order valence-corrected chi connectivity index (χ1v) is 9.34. The van der Waals surface area contributed by atoms with E-state index in [-0.39, 0.29) is 24.9 Å². The third-order valence-electron chi connectivity index (χ3n) is 3.01. The van der Waals surface area contributed by atoms with Crippen molar-refractivity contribution in [3.63, 3.8) is 0 Å². The SMILES string of the molecule is CCCN(CCO)C(=O)Nc1cccc(NS(=O)(=O)CCC)c1. The van der Waals surface area contributed by atoms with Crippen molar-refractivity contribution >= 4 is 27.4 Å². The molecule has 2 amide bonds. The van der Waals surface area contributed by atoms with Crippen LogP contribution in [-0.4, -0.2) is 49.9 Å². The van der Waals surface area contributed by atoms with Crippen molar-refractivity contribution in [2.75, 3.05) is 35.5 Å². The monoisotopic (exact) mass is 343 g/mol. The quantitative estimate of drug-likeness (QED) is 0.639. The van der Waals surface area contributed by atoms with Crippen LogP contribution in [0.4, 0.5) is 16.2 Å². The summed E-state index contributed by atoms with van der Waals surface area (Å²) in [6, 6.07) is 6.21. The molecule has 7 nitrogen and oxygen atoms in total. The lowest BCUT2D eigenvalue weighted by molar-refractivity contribution is 0.188. The van der Waals surface area contributed by atoms with Crippen molar-refractivity contribution in [2.45, 2.75) is 26.7 Å². The topological polar surface area (TPSA) is 98.7 Å². The molecule has 0 saturated carbocycles. The Bertz CT molecular complexity index is 598. The number of carbonyl (C=O) groups excluding carboxylic acids is 1. The fourth-order valence-corrected chi connectivity index (χ4v) is 3.19. The van der Waals surface area contributed by atoms with Gasteiger partial charge in [-0.25, -0.2) is 13.2 Å². The van der Waals surface area contributed by atoms with Gasteiger partial charge in [-0.2, -0.15) is 0 Å². The van der Waals surface area contributed by atoms with Crippen LogP contribution < -0.4 is 10.0 Å². The van der Waals surface area contributed by atoms with Crippen LogP contribution in [0.25, 0.3) is 0 Å². The Morgan fingerprint density at radius 1 is 1.17 bits per heavy atom. The zero-order valence-corrected chi connectivity index (χ0v) is 14.4. The maximum absolute atomic E-state index is 12.2. The van der Waals surface area contributed by atoms with E-state index < -0.39 is 10.0 Å². The summed E-state index contributed by atoms with van der Waals surface area (Å²) >= 11 is 0. The molecular formula is C15H25N3O4S. The molecule has 0 saturated heterocycles. The molecule has 0 aliphatic carbocycles. The number of urea groups is 1. The lowest BCUT2D eigenvalue weighted by atomic mass is 10.3. The summed E-state index contributed by atoms with van der Waals surface area (Å²) in [5.74, 6) is 0.0460. The highest BCUT2D eigenvalue weighted by Crippen LogP contribution is 2.17. The normalized spacial score (nSPS) is 11.1. The molecule has 1 aromatic rings. The summed E-state index contributed by atoms with van der Waals surface area (Å²) in [4.78, 5) is 13.7. The van der Waals surface area contributed by atoms with Gasteiger partial charge in [-0.3, -0.25) is 4.72 Å². The highest BCUT2D eigenvalue weighted by Gasteiger charge is 2.13. The Morgan fingerprint density at radius 3 is 2.48 bits per heavy atom. The van der Waals surface area contributed by atoms with E-state index in [0.29, 0.717) is 24.3 Å². The van der Waals surface area contributed by atoms with Gasteiger partial charge in [-0.05, 0) is 31.0 Å². The first-order valence-electron chi connectivity index (χ1n) is 7.69. The van der Waals surface area contributed by atoms with E-state index >= 15 is 0 Å². The molecule has 130 valence electrons. The number of nitrogens with zero attached hydrogens (tertiary/aromatic N) is 1. The second kappa shape index (κ2) is 9.36. The number of carbonyl (C=O) groups is 1. The van der Waals surface area contributed by atoms with Gasteiger partial charge in [0.25, 0.3) is 0 Å². The van der Waals surface area contributed by atoms with Gasteiger partial charge in [-0.1, -0.05) is 19.9 Å². The van der Waals surface area contributed by atoms with Crippen LogP contribution in [0.15, 0.2) is 24.3 Å². The molecule has 0 aromatic heterocycles. The number of aliphatic hydroxyl groups is 1. The lowest BCUT2D eigenvalue weighted by Gasteiger charge is -2.21. The smallest absolute Gasteiger partial charge is 0.321 e. The second-order valence-electron chi connectivity index (χ2n) is 5.14. The summed E-state index contributed by atoms with van der Waals surface area (Å²) in [7, 11) is -3.37. The van der Waals surface area contributed by atoms with Gasteiger partial charge in [0.05, 0.1) is 18.0 Å². The third kappa shape index (κ3) is 6.87. The zero-order valence-electron chi connectivity index (χ0n) is 13.6. The number of rotatable bonds is 9. The Kier molecular flexibility index (Phi) is 7.84. The summed E-state index contributed by atoms with van der Waals surface area (Å²) < 4.78 is 26.0. The zero-order chi connectivity index (χ0) is 17.3. The fourth-order valence-electron chi connectivity index (χ4n) is 2.07. The number of benzene rings is 1. The average molecular weight is 343 g/mol. The van der Waals surface area contributed by atoms with Gasteiger partial charge < -0.3 is 15.3 Å². The number of anilines is 2. The van der Waals surface area contributed by atoms with Crippen LogP contribution in [0.3, 0.4) is 0 Å². The van der Waals surface area contributed by atoms with Crippen LogP contribution in [0.5, 0.6) is 0 Å². The van der Waals surface area contributed by atoms with Crippen molar-refractivity contribution in [3.8, 4) is 0 Å². The lowest BCUT2D eigenvalue weighted by Crippen LogP contribution is -2.37. The van der Waals surface area contributed by atoms with Crippen LogP contribution in [0, 0.1) is 0 Å². The summed E-state index contributed by atoms with van der Waals surface area (Å²) in [5.41, 5.74) is 0.895. The van der Waals surface area contributed by atoms with Crippen molar-refractivity contribution in [2.24, 2.45) is 0 Å². The minimum absolute atomic E-state index is 0.0460. The van der Waals surface area contributed by atoms with E-state index in [1.807, 2.05) is 6.92 Å². The molecule has 1 rings (SSSR count). The molecule has 8 heteroatoms. The molecule has 0 bridgehead atoms. The maximum atomic E-state index is 12.2. The molecule has 0 radical (unpaired) electrons. The Morgan fingerprint density at radius 2 is 1.87 bits per heavy atom. The minimum Gasteiger partial charge on any atom is -0.395 e. The van der Waals surface area contributed by atoms with Gasteiger partial charge in [0.15, 0.2) is 0 Å². The molecule has 3 N–H and O–H groups in total. The van der Waals surface area contributed by atoms with E-state index in [1.54, 1.807) is 31.2 Å². The maximum Gasteiger partial charge on any atom is 0.321 e. The fraction of sp³-hybridized carbons (Fsp3) is 0.533. The number of aliphatic hydroxyl groups excluding tert-OH is 1. The number of amides is 2. The highest BCUT2D eigenvalue weighted by atomic mass is 32.2. The standard InChI is InChI=1S/C15H25N3O4S/c1-3-8-18(9-10-19)15(20)16-13-6-5-7-14(12-13)17-23(21,22)11-4-2/h5-7,12,17,19H,3-4,8-11H2,1-2H3,(H,16,20). The van der Waals surface area contributed by atoms with Crippen LogP contribution in [0.2, 0.25) is 0 Å². The second-order valence-corrected chi connectivity index (χ2v) is 6.98. The molecule has 1 aromatic carbocycles. The molecule has 0 heterocycles. The molecule has 0 aliphatic heterocycles. The Labute approximate surface area is 137 Å². The van der Waals surface area contributed by atoms with E-state index in [1.165, 1.54) is 4.90 Å². The first-order chi connectivity index (χ1) is 10.9. The molecular weight excluding hydrogens is 318 g/mol. The van der Waals surface area contributed by atoms with E-state index in [2.05, 4.69) is 10.0 Å². The van der Waals surface area contributed by atoms with Gasteiger partial charge in [-0.15, -0.1) is 0 Å². The van der Waals surface area contributed by atoms with Gasteiger partial charge in [0.1, 0.15) is 0 Å². The van der Waals surface area contributed by atoms with Crippen molar-refractivity contribution in [1.82, 2.24) is 4.90 Å². The Hall–Kier alpha value is -1.80. The molecule has 0 aliphatic rings. The molecule has 0 spiro atoms. The molecule has 0 fully saturated rings. The predicted molar refractivity (Wildman–Crippen MR) is 92.1 cm³/mol. The third-order valence-corrected chi connectivity index (χ3v) is 4.50. The van der Waals surface area contributed by atoms with Crippen LogP contribution in [-0.2, 0) is 10.0 Å².